The molecule has 1 aliphatic rings. The van der Waals surface area contributed by atoms with Crippen LogP contribution in [0.25, 0.3) is 0 Å². The second kappa shape index (κ2) is 6.41. The molecule has 1 saturated heterocycles. The highest BCUT2D eigenvalue weighted by Gasteiger charge is 2.24. The molecule has 21 heavy (non-hydrogen) atoms. The predicted octanol–water partition coefficient (Wildman–Crippen LogP) is 2.54. The molecule has 1 unspecified atom stereocenters. The second-order valence-electron chi connectivity index (χ2n) is 6.53. The van der Waals surface area contributed by atoms with Gasteiger partial charge in [0.25, 0.3) is 5.91 Å². The minimum atomic E-state index is 0.0361. The first-order chi connectivity index (χ1) is 9.88. The van der Waals surface area contributed by atoms with Crippen molar-refractivity contribution in [3.8, 4) is 0 Å². The van der Waals surface area contributed by atoms with Crippen LogP contribution < -0.4 is 4.90 Å². The number of hydrogen-bond acceptors (Lipinski definition) is 4. The maximum Gasteiger partial charge on any atom is 0.272 e. The Balaban J connectivity index is 2.31. The van der Waals surface area contributed by atoms with Crippen LogP contribution in [0.4, 0.5) is 5.95 Å². The van der Waals surface area contributed by atoms with Gasteiger partial charge in [0.1, 0.15) is 5.69 Å². The van der Waals surface area contributed by atoms with Gasteiger partial charge >= 0.3 is 0 Å². The molecule has 0 radical (unpaired) electrons. The number of piperidine rings is 1. The summed E-state index contributed by atoms with van der Waals surface area (Å²) in [5.41, 5.74) is 1.44. The third-order valence-corrected chi connectivity index (χ3v) is 3.89. The Morgan fingerprint density at radius 2 is 2.10 bits per heavy atom. The number of hydrogen-bond donors (Lipinski definition) is 0. The Morgan fingerprint density at radius 1 is 1.38 bits per heavy atom. The molecule has 2 heterocycles. The summed E-state index contributed by atoms with van der Waals surface area (Å²) in [7, 11) is 3.80. The number of aromatic nitrogens is 2. The molecule has 116 valence electrons. The number of carbonyl (C=O) groups excluding carboxylic acids is 1. The maximum absolute atomic E-state index is 12.7. The summed E-state index contributed by atoms with van der Waals surface area (Å²) >= 11 is 0. The highest BCUT2D eigenvalue weighted by Crippen LogP contribution is 2.20. The van der Waals surface area contributed by atoms with Crippen molar-refractivity contribution in [2.75, 3.05) is 32.1 Å². The van der Waals surface area contributed by atoms with Crippen LogP contribution in [0.3, 0.4) is 0 Å². The van der Waals surface area contributed by atoms with Gasteiger partial charge in [-0.25, -0.2) is 9.97 Å². The SMILES string of the molecule is CC1CCCN(C(=O)c2cc(C(C)C)nc(N(C)C)n2)C1. The fourth-order valence-electron chi connectivity index (χ4n) is 2.59. The van der Waals surface area contributed by atoms with E-state index in [2.05, 4.69) is 30.7 Å². The maximum atomic E-state index is 12.7. The lowest BCUT2D eigenvalue weighted by molar-refractivity contribution is 0.0677. The minimum absolute atomic E-state index is 0.0361. The van der Waals surface area contributed by atoms with Crippen LogP contribution in [-0.2, 0) is 0 Å². The van der Waals surface area contributed by atoms with Crippen molar-refractivity contribution in [3.63, 3.8) is 0 Å². The van der Waals surface area contributed by atoms with Gasteiger partial charge < -0.3 is 9.80 Å². The van der Waals surface area contributed by atoms with Gasteiger partial charge in [-0.15, -0.1) is 0 Å². The van der Waals surface area contributed by atoms with E-state index in [0.717, 1.165) is 25.2 Å². The van der Waals surface area contributed by atoms with Gasteiger partial charge in [0.2, 0.25) is 5.95 Å². The van der Waals surface area contributed by atoms with Crippen LogP contribution in [0.15, 0.2) is 6.07 Å². The molecular weight excluding hydrogens is 264 g/mol. The van der Waals surface area contributed by atoms with Gasteiger partial charge in [0.15, 0.2) is 0 Å². The summed E-state index contributed by atoms with van der Waals surface area (Å²) in [6.07, 6.45) is 2.28. The van der Waals surface area contributed by atoms with Gasteiger partial charge in [-0.05, 0) is 30.7 Å². The fraction of sp³-hybridized carbons (Fsp3) is 0.688. The number of likely N-dealkylation sites (tertiary alicyclic amines) is 1. The number of carbonyl (C=O) groups is 1. The largest absolute Gasteiger partial charge is 0.347 e. The third kappa shape index (κ3) is 3.71. The molecule has 0 bridgehead atoms. The lowest BCUT2D eigenvalue weighted by Gasteiger charge is -2.31. The first-order valence-corrected chi connectivity index (χ1v) is 7.74. The zero-order valence-electron chi connectivity index (χ0n) is 13.8. The van der Waals surface area contributed by atoms with Gasteiger partial charge in [-0.1, -0.05) is 20.8 Å². The molecule has 5 nitrogen and oxygen atoms in total. The molecule has 0 saturated carbocycles. The molecule has 1 aromatic rings. The quantitative estimate of drug-likeness (QED) is 0.858. The lowest BCUT2D eigenvalue weighted by atomic mass is 10.00. The zero-order chi connectivity index (χ0) is 15.6. The van der Waals surface area contributed by atoms with Gasteiger partial charge in [0, 0.05) is 32.9 Å². The van der Waals surface area contributed by atoms with E-state index in [4.69, 9.17) is 0 Å². The third-order valence-electron chi connectivity index (χ3n) is 3.89. The fourth-order valence-corrected chi connectivity index (χ4v) is 2.59. The van der Waals surface area contributed by atoms with Crippen molar-refractivity contribution in [2.24, 2.45) is 5.92 Å². The summed E-state index contributed by atoms with van der Waals surface area (Å²) in [6, 6.07) is 1.85. The van der Waals surface area contributed by atoms with Crippen molar-refractivity contribution < 1.29 is 4.79 Å². The zero-order valence-corrected chi connectivity index (χ0v) is 13.8. The van der Waals surface area contributed by atoms with Crippen LogP contribution in [0.1, 0.15) is 55.7 Å². The van der Waals surface area contributed by atoms with Crippen LogP contribution in [0, 0.1) is 5.92 Å². The molecule has 1 atom stereocenters. The average Bonchev–Trinajstić information content (AvgIpc) is 2.45. The van der Waals surface area contributed by atoms with Gasteiger partial charge in [0.05, 0.1) is 0 Å². The van der Waals surface area contributed by atoms with Crippen LogP contribution in [0.2, 0.25) is 0 Å². The van der Waals surface area contributed by atoms with Crippen molar-refractivity contribution in [3.05, 3.63) is 17.5 Å². The molecule has 1 amide bonds. The van der Waals surface area contributed by atoms with Crippen LogP contribution >= 0.6 is 0 Å². The minimum Gasteiger partial charge on any atom is -0.347 e. The van der Waals surface area contributed by atoms with Gasteiger partial charge in [-0.2, -0.15) is 0 Å². The van der Waals surface area contributed by atoms with Crippen molar-refractivity contribution in [1.29, 1.82) is 0 Å². The van der Waals surface area contributed by atoms with E-state index in [9.17, 15) is 4.79 Å². The highest BCUT2D eigenvalue weighted by atomic mass is 16.2. The molecular formula is C16H26N4O. The summed E-state index contributed by atoms with van der Waals surface area (Å²) in [4.78, 5) is 25.4. The number of anilines is 1. The van der Waals surface area contributed by atoms with E-state index >= 15 is 0 Å². The molecule has 0 spiro atoms. The topological polar surface area (TPSA) is 49.3 Å². The van der Waals surface area contributed by atoms with Crippen molar-refractivity contribution in [1.82, 2.24) is 14.9 Å². The number of rotatable bonds is 3. The number of nitrogens with zero attached hydrogens (tertiary/aromatic N) is 4. The summed E-state index contributed by atoms with van der Waals surface area (Å²) < 4.78 is 0. The van der Waals surface area contributed by atoms with Crippen LogP contribution in [-0.4, -0.2) is 48.0 Å². The Bertz CT molecular complexity index is 487. The van der Waals surface area contributed by atoms with Crippen LogP contribution in [0.5, 0.6) is 0 Å². The highest BCUT2D eigenvalue weighted by molar-refractivity contribution is 5.92. The standard InChI is InChI=1S/C16H26N4O/c1-11(2)13-9-14(18-16(17-13)19(4)5)15(21)20-8-6-7-12(3)10-20/h9,11-12H,6-8,10H2,1-5H3. The Morgan fingerprint density at radius 3 is 2.67 bits per heavy atom. The molecule has 2 rings (SSSR count). The van der Waals surface area contributed by atoms with E-state index in [0.29, 0.717) is 17.6 Å². The van der Waals surface area contributed by atoms with Crippen molar-refractivity contribution in [2.45, 2.75) is 39.5 Å². The average molecular weight is 290 g/mol. The van der Waals surface area contributed by atoms with E-state index in [-0.39, 0.29) is 11.8 Å². The number of amides is 1. The molecule has 1 aromatic heterocycles. The first kappa shape index (κ1) is 15.7. The first-order valence-electron chi connectivity index (χ1n) is 7.74. The van der Waals surface area contributed by atoms with E-state index in [1.807, 2.05) is 30.0 Å². The van der Waals surface area contributed by atoms with E-state index in [1.54, 1.807) is 0 Å². The molecule has 0 aliphatic carbocycles. The van der Waals surface area contributed by atoms with E-state index < -0.39 is 0 Å². The Kier molecular flexibility index (Phi) is 4.80. The van der Waals surface area contributed by atoms with Gasteiger partial charge in [-0.3, -0.25) is 4.79 Å². The normalized spacial score (nSPS) is 19.0. The Labute approximate surface area is 127 Å². The molecule has 1 aliphatic heterocycles. The smallest absolute Gasteiger partial charge is 0.272 e. The molecule has 0 N–H and O–H groups in total. The lowest BCUT2D eigenvalue weighted by Crippen LogP contribution is -2.39. The molecule has 1 fully saturated rings. The monoisotopic (exact) mass is 290 g/mol. The predicted molar refractivity (Wildman–Crippen MR) is 84.7 cm³/mol. The van der Waals surface area contributed by atoms with E-state index in [1.165, 1.54) is 6.42 Å². The molecule has 5 heteroatoms. The summed E-state index contributed by atoms with van der Waals surface area (Å²) in [6.45, 7) is 8.03. The molecule has 0 aromatic carbocycles. The second-order valence-corrected chi connectivity index (χ2v) is 6.53. The summed E-state index contributed by atoms with van der Waals surface area (Å²) in [5, 5.41) is 0. The van der Waals surface area contributed by atoms with Crippen molar-refractivity contribution >= 4 is 11.9 Å². The summed E-state index contributed by atoms with van der Waals surface area (Å²) in [5.74, 6) is 1.49. The Hall–Kier alpha value is -1.65.